The number of hydrogen-bond donors (Lipinski definition) is 1. The summed E-state index contributed by atoms with van der Waals surface area (Å²) in [5, 5.41) is 3.06. The molecule has 0 unspecified atom stereocenters. The smallest absolute Gasteiger partial charge is 0.261 e. The van der Waals surface area contributed by atoms with E-state index in [-0.39, 0.29) is 11.9 Å². The third-order valence-electron chi connectivity index (χ3n) is 4.30. The number of aryl methyl sites for hydroxylation is 2. The highest BCUT2D eigenvalue weighted by molar-refractivity contribution is 9.10. The van der Waals surface area contributed by atoms with Gasteiger partial charge in [0.25, 0.3) is 5.91 Å². The number of halogens is 1. The lowest BCUT2D eigenvalue weighted by molar-refractivity contribution is -0.127. The Morgan fingerprint density at radius 3 is 2.59 bits per heavy atom. The van der Waals surface area contributed by atoms with Crippen molar-refractivity contribution in [2.45, 2.75) is 26.0 Å². The molecule has 6 heteroatoms. The van der Waals surface area contributed by atoms with Crippen LogP contribution >= 0.6 is 15.9 Å². The number of amides is 1. The second-order valence-corrected chi connectivity index (χ2v) is 7.30. The van der Waals surface area contributed by atoms with Crippen LogP contribution in [0.25, 0.3) is 0 Å². The maximum atomic E-state index is 12.8. The number of nitrogens with zero attached hydrogens (tertiary/aromatic N) is 2. The van der Waals surface area contributed by atoms with Crippen molar-refractivity contribution in [1.82, 2.24) is 14.9 Å². The number of benzene rings is 2. The van der Waals surface area contributed by atoms with E-state index in [1.807, 2.05) is 73.3 Å². The maximum absolute atomic E-state index is 12.8. The van der Waals surface area contributed by atoms with Gasteiger partial charge in [0.1, 0.15) is 17.6 Å². The van der Waals surface area contributed by atoms with Crippen molar-refractivity contribution in [2.24, 2.45) is 7.05 Å². The van der Waals surface area contributed by atoms with Crippen molar-refractivity contribution in [2.75, 3.05) is 0 Å². The summed E-state index contributed by atoms with van der Waals surface area (Å²) in [5.74, 6) is 1.19. The fourth-order valence-corrected chi connectivity index (χ4v) is 3.39. The average molecular weight is 428 g/mol. The molecule has 3 rings (SSSR count). The monoisotopic (exact) mass is 427 g/mol. The Kier molecular flexibility index (Phi) is 5.96. The summed E-state index contributed by atoms with van der Waals surface area (Å²) < 4.78 is 8.59. The second-order valence-electron chi connectivity index (χ2n) is 6.44. The molecule has 5 nitrogen and oxygen atoms in total. The molecule has 0 aliphatic heterocycles. The van der Waals surface area contributed by atoms with Gasteiger partial charge in [-0.15, -0.1) is 0 Å². The minimum absolute atomic E-state index is 0.209. The molecular formula is C21H22BrN3O2. The minimum Gasteiger partial charge on any atom is -0.480 e. The molecular weight excluding hydrogens is 406 g/mol. The lowest BCUT2D eigenvalue weighted by Crippen LogP contribution is -2.39. The van der Waals surface area contributed by atoms with Crippen molar-refractivity contribution in [1.29, 1.82) is 0 Å². The standard InChI is InChI=1S/C21H22BrN3O2/c1-14-9-10-18(17(22)13-14)27-15(2)21(26)24-19(16-7-5-4-6-8-16)20-23-11-12-25(20)3/h4-13,15,19H,1-3H3,(H,24,26)/t15-,19+/m0/s1. The highest BCUT2D eigenvalue weighted by Gasteiger charge is 2.24. The van der Waals surface area contributed by atoms with Gasteiger partial charge in [-0.25, -0.2) is 4.98 Å². The number of carbonyl (C=O) groups excluding carboxylic acids is 1. The fourth-order valence-electron chi connectivity index (χ4n) is 2.80. The lowest BCUT2D eigenvalue weighted by Gasteiger charge is -2.22. The number of aromatic nitrogens is 2. The quantitative estimate of drug-likeness (QED) is 0.642. The van der Waals surface area contributed by atoms with Crippen LogP contribution in [-0.2, 0) is 11.8 Å². The zero-order valence-electron chi connectivity index (χ0n) is 15.5. The Labute approximate surface area is 167 Å². The van der Waals surface area contributed by atoms with Gasteiger partial charge < -0.3 is 14.6 Å². The summed E-state index contributed by atoms with van der Waals surface area (Å²) in [5.41, 5.74) is 2.08. The van der Waals surface area contributed by atoms with E-state index >= 15 is 0 Å². The normalized spacial score (nSPS) is 13.0. The van der Waals surface area contributed by atoms with Gasteiger partial charge in [0.05, 0.1) is 4.47 Å². The van der Waals surface area contributed by atoms with Gasteiger partial charge in [0.2, 0.25) is 0 Å². The zero-order valence-corrected chi connectivity index (χ0v) is 17.1. The van der Waals surface area contributed by atoms with Crippen LogP contribution in [0, 0.1) is 6.92 Å². The van der Waals surface area contributed by atoms with Gasteiger partial charge >= 0.3 is 0 Å². The van der Waals surface area contributed by atoms with Gasteiger partial charge in [-0.05, 0) is 53.0 Å². The Balaban J connectivity index is 1.79. The molecule has 0 spiro atoms. The third kappa shape index (κ3) is 4.57. The van der Waals surface area contributed by atoms with Crippen molar-refractivity contribution in [3.63, 3.8) is 0 Å². The first-order chi connectivity index (χ1) is 13.0. The molecule has 0 aliphatic carbocycles. The van der Waals surface area contributed by atoms with Crippen molar-refractivity contribution >= 4 is 21.8 Å². The van der Waals surface area contributed by atoms with Crippen molar-refractivity contribution in [3.8, 4) is 5.75 Å². The summed E-state index contributed by atoms with van der Waals surface area (Å²) in [4.78, 5) is 17.2. The Bertz CT molecular complexity index is 924. The molecule has 140 valence electrons. The molecule has 0 bridgehead atoms. The summed E-state index contributed by atoms with van der Waals surface area (Å²) in [6.07, 6.45) is 2.93. The number of imidazole rings is 1. The molecule has 0 aliphatic rings. The molecule has 1 N–H and O–H groups in total. The Hall–Kier alpha value is -2.60. The second kappa shape index (κ2) is 8.39. The lowest BCUT2D eigenvalue weighted by atomic mass is 10.1. The maximum Gasteiger partial charge on any atom is 0.261 e. The Morgan fingerprint density at radius 2 is 1.96 bits per heavy atom. The molecule has 27 heavy (non-hydrogen) atoms. The summed E-state index contributed by atoms with van der Waals surface area (Å²) in [7, 11) is 1.91. The molecule has 0 fully saturated rings. The molecule has 1 amide bonds. The summed E-state index contributed by atoms with van der Waals surface area (Å²) in [6, 6.07) is 15.2. The van der Waals surface area contributed by atoms with E-state index in [0.29, 0.717) is 5.75 Å². The molecule has 3 aromatic rings. The molecule has 0 saturated carbocycles. The Morgan fingerprint density at radius 1 is 1.22 bits per heavy atom. The third-order valence-corrected chi connectivity index (χ3v) is 4.92. The molecule has 0 saturated heterocycles. The first-order valence-corrected chi connectivity index (χ1v) is 9.50. The minimum atomic E-state index is -0.657. The number of hydrogen-bond acceptors (Lipinski definition) is 3. The van der Waals surface area contributed by atoms with Crippen LogP contribution in [0.2, 0.25) is 0 Å². The largest absolute Gasteiger partial charge is 0.480 e. The molecule has 2 atom stereocenters. The van der Waals surface area contributed by atoms with E-state index in [0.717, 1.165) is 21.4 Å². The van der Waals surface area contributed by atoms with Crippen molar-refractivity contribution < 1.29 is 9.53 Å². The highest BCUT2D eigenvalue weighted by Crippen LogP contribution is 2.27. The van der Waals surface area contributed by atoms with Gasteiger partial charge in [-0.3, -0.25) is 4.79 Å². The van der Waals surface area contributed by atoms with Gasteiger partial charge in [-0.2, -0.15) is 0 Å². The topological polar surface area (TPSA) is 56.1 Å². The predicted molar refractivity (Wildman–Crippen MR) is 109 cm³/mol. The zero-order chi connectivity index (χ0) is 19.4. The van der Waals surface area contributed by atoms with E-state index in [9.17, 15) is 4.79 Å². The van der Waals surface area contributed by atoms with Crippen LogP contribution < -0.4 is 10.1 Å². The first kappa shape index (κ1) is 19.2. The van der Waals surface area contributed by atoms with E-state index < -0.39 is 6.10 Å². The summed E-state index contributed by atoms with van der Waals surface area (Å²) in [6.45, 7) is 3.74. The SMILES string of the molecule is Cc1ccc(O[C@@H](C)C(=O)N[C@H](c2ccccc2)c2nccn2C)c(Br)c1. The number of nitrogens with one attached hydrogen (secondary N) is 1. The number of ether oxygens (including phenoxy) is 1. The highest BCUT2D eigenvalue weighted by atomic mass is 79.9. The number of rotatable bonds is 6. The molecule has 1 heterocycles. The van der Waals surface area contributed by atoms with Gasteiger partial charge in [0.15, 0.2) is 6.10 Å². The van der Waals surface area contributed by atoms with Crippen LogP contribution in [0.1, 0.15) is 29.9 Å². The van der Waals surface area contributed by atoms with Crippen molar-refractivity contribution in [3.05, 3.63) is 82.3 Å². The van der Waals surface area contributed by atoms with Gasteiger partial charge in [0, 0.05) is 19.4 Å². The fraction of sp³-hybridized carbons (Fsp3) is 0.238. The van der Waals surface area contributed by atoms with Crippen LogP contribution in [-0.4, -0.2) is 21.6 Å². The van der Waals surface area contributed by atoms with Crippen LogP contribution in [0.15, 0.2) is 65.4 Å². The van der Waals surface area contributed by atoms with Crippen LogP contribution in [0.5, 0.6) is 5.75 Å². The van der Waals surface area contributed by atoms with E-state index in [4.69, 9.17) is 4.74 Å². The first-order valence-electron chi connectivity index (χ1n) is 8.71. The predicted octanol–water partition coefficient (Wildman–Crippen LogP) is 4.16. The molecule has 0 radical (unpaired) electrons. The van der Waals surface area contributed by atoms with Crippen LogP contribution in [0.3, 0.4) is 0 Å². The molecule has 1 aromatic heterocycles. The molecule has 2 aromatic carbocycles. The van der Waals surface area contributed by atoms with Gasteiger partial charge in [-0.1, -0.05) is 36.4 Å². The van der Waals surface area contributed by atoms with E-state index in [1.54, 1.807) is 13.1 Å². The summed E-state index contributed by atoms with van der Waals surface area (Å²) >= 11 is 3.48. The average Bonchev–Trinajstić information content (AvgIpc) is 3.08. The van der Waals surface area contributed by atoms with E-state index in [2.05, 4.69) is 26.2 Å². The van der Waals surface area contributed by atoms with Crippen LogP contribution in [0.4, 0.5) is 0 Å². The number of carbonyl (C=O) groups is 1. The van der Waals surface area contributed by atoms with E-state index in [1.165, 1.54) is 0 Å².